The van der Waals surface area contributed by atoms with E-state index in [9.17, 15) is 4.79 Å². The van der Waals surface area contributed by atoms with Crippen molar-refractivity contribution < 1.29 is 4.79 Å². The monoisotopic (exact) mass is 392 g/mol. The number of halogens is 1. The van der Waals surface area contributed by atoms with Crippen molar-refractivity contribution in [2.24, 2.45) is 4.99 Å². The number of aryl methyl sites for hydroxylation is 1. The molecular weight excluding hydrogens is 372 g/mol. The molecule has 2 N–H and O–H groups in total. The lowest BCUT2D eigenvalue weighted by atomic mass is 9.95. The van der Waals surface area contributed by atoms with Crippen molar-refractivity contribution in [1.29, 1.82) is 0 Å². The lowest BCUT2D eigenvalue weighted by Gasteiger charge is -2.08. The molecule has 2 heterocycles. The maximum absolute atomic E-state index is 12.3. The second kappa shape index (κ2) is 7.98. The highest BCUT2D eigenvalue weighted by molar-refractivity contribution is 6.30. The van der Waals surface area contributed by atoms with Gasteiger partial charge in [-0.1, -0.05) is 42.8 Å². The van der Waals surface area contributed by atoms with Gasteiger partial charge in [0.05, 0.1) is 17.8 Å². The van der Waals surface area contributed by atoms with E-state index in [2.05, 4.69) is 39.6 Å². The zero-order chi connectivity index (χ0) is 19.5. The van der Waals surface area contributed by atoms with E-state index < -0.39 is 0 Å². The molecule has 5 nitrogen and oxygen atoms in total. The van der Waals surface area contributed by atoms with Gasteiger partial charge in [0, 0.05) is 34.6 Å². The Bertz CT molecular complexity index is 1020. The standard InChI is InChI=1S/C22H21ClN4O/c1-2-14-3-8-20-19(11-14)18(22(28)26-20)9-10-24-12-16-13-25-27-21(16)15-4-6-17(23)7-5-15/h3-8,11-13,18H,2,9-10H2,1H3,(H,25,27)(H,26,28). The molecule has 1 aliphatic rings. The third kappa shape index (κ3) is 3.71. The summed E-state index contributed by atoms with van der Waals surface area (Å²) in [5.74, 6) is -0.0812. The average molecular weight is 393 g/mol. The van der Waals surface area contributed by atoms with Gasteiger partial charge in [-0.15, -0.1) is 0 Å². The van der Waals surface area contributed by atoms with Crippen molar-refractivity contribution in [3.8, 4) is 11.3 Å². The Morgan fingerprint density at radius 3 is 2.82 bits per heavy atom. The Balaban J connectivity index is 1.44. The Morgan fingerprint density at radius 2 is 2.04 bits per heavy atom. The third-order valence-corrected chi connectivity index (χ3v) is 5.30. The summed E-state index contributed by atoms with van der Waals surface area (Å²) in [4.78, 5) is 16.9. The van der Waals surface area contributed by atoms with Crippen LogP contribution in [0.2, 0.25) is 5.02 Å². The molecule has 0 saturated carbocycles. The molecule has 3 aromatic rings. The van der Waals surface area contributed by atoms with E-state index in [1.54, 1.807) is 6.20 Å². The molecule has 0 saturated heterocycles. The van der Waals surface area contributed by atoms with Gasteiger partial charge in [0.15, 0.2) is 0 Å². The number of aromatic nitrogens is 2. The minimum absolute atomic E-state index is 0.0589. The normalized spacial score (nSPS) is 15.8. The number of nitrogens with zero attached hydrogens (tertiary/aromatic N) is 2. The van der Waals surface area contributed by atoms with Gasteiger partial charge in [-0.2, -0.15) is 5.10 Å². The molecule has 1 unspecified atom stereocenters. The Hall–Kier alpha value is -2.92. The fraction of sp³-hybridized carbons (Fsp3) is 0.227. The minimum atomic E-state index is -0.140. The number of fused-ring (bicyclic) bond motifs is 1. The number of hydrogen-bond donors (Lipinski definition) is 2. The van der Waals surface area contributed by atoms with E-state index in [-0.39, 0.29) is 11.8 Å². The van der Waals surface area contributed by atoms with E-state index >= 15 is 0 Å². The topological polar surface area (TPSA) is 70.1 Å². The number of H-pyrrole nitrogens is 1. The van der Waals surface area contributed by atoms with Crippen molar-refractivity contribution in [2.75, 3.05) is 11.9 Å². The summed E-state index contributed by atoms with van der Waals surface area (Å²) in [5, 5.41) is 10.8. The maximum atomic E-state index is 12.3. The fourth-order valence-corrected chi connectivity index (χ4v) is 3.62. The van der Waals surface area contributed by atoms with Gasteiger partial charge in [0.1, 0.15) is 0 Å². The molecule has 6 heteroatoms. The van der Waals surface area contributed by atoms with Crippen LogP contribution in [0.5, 0.6) is 0 Å². The molecule has 0 radical (unpaired) electrons. The van der Waals surface area contributed by atoms with E-state index in [1.165, 1.54) is 5.56 Å². The van der Waals surface area contributed by atoms with Crippen molar-refractivity contribution in [3.05, 3.63) is 70.4 Å². The minimum Gasteiger partial charge on any atom is -0.325 e. The van der Waals surface area contributed by atoms with Crippen molar-refractivity contribution in [3.63, 3.8) is 0 Å². The van der Waals surface area contributed by atoms with Gasteiger partial charge in [-0.25, -0.2) is 0 Å². The maximum Gasteiger partial charge on any atom is 0.232 e. The first kappa shape index (κ1) is 18.4. The van der Waals surface area contributed by atoms with Gasteiger partial charge in [-0.3, -0.25) is 14.9 Å². The summed E-state index contributed by atoms with van der Waals surface area (Å²) in [6.45, 7) is 2.69. The quantitative estimate of drug-likeness (QED) is 0.589. The lowest BCUT2D eigenvalue weighted by Crippen LogP contribution is -2.13. The number of aromatic amines is 1. The number of carbonyl (C=O) groups excluding carboxylic acids is 1. The van der Waals surface area contributed by atoms with Crippen LogP contribution in [-0.4, -0.2) is 28.9 Å². The molecule has 2 aromatic carbocycles. The van der Waals surface area contributed by atoms with Crippen LogP contribution < -0.4 is 5.32 Å². The van der Waals surface area contributed by atoms with Crippen LogP contribution in [-0.2, 0) is 11.2 Å². The largest absolute Gasteiger partial charge is 0.325 e. The van der Waals surface area contributed by atoms with Gasteiger partial charge in [0.2, 0.25) is 5.91 Å². The van der Waals surface area contributed by atoms with Crippen LogP contribution in [0.1, 0.15) is 36.0 Å². The third-order valence-electron chi connectivity index (χ3n) is 5.05. The number of benzene rings is 2. The molecule has 4 rings (SSSR count). The number of aliphatic imine (C=N–C) groups is 1. The Kier molecular flexibility index (Phi) is 5.26. The summed E-state index contributed by atoms with van der Waals surface area (Å²) < 4.78 is 0. The molecule has 0 fully saturated rings. The molecular formula is C22H21ClN4O. The van der Waals surface area contributed by atoms with Gasteiger partial charge < -0.3 is 5.32 Å². The number of hydrogen-bond acceptors (Lipinski definition) is 3. The first-order chi connectivity index (χ1) is 13.7. The van der Waals surface area contributed by atoms with Crippen LogP contribution in [0.25, 0.3) is 11.3 Å². The highest BCUT2D eigenvalue weighted by Gasteiger charge is 2.29. The van der Waals surface area contributed by atoms with E-state index in [4.69, 9.17) is 11.6 Å². The number of amides is 1. The van der Waals surface area contributed by atoms with Crippen molar-refractivity contribution in [1.82, 2.24) is 10.2 Å². The molecule has 0 bridgehead atoms. The van der Waals surface area contributed by atoms with E-state index in [0.29, 0.717) is 18.0 Å². The van der Waals surface area contributed by atoms with Gasteiger partial charge in [0.25, 0.3) is 0 Å². The Labute approximate surface area is 168 Å². The number of carbonyl (C=O) groups is 1. The Morgan fingerprint density at radius 1 is 1.21 bits per heavy atom. The summed E-state index contributed by atoms with van der Waals surface area (Å²) in [7, 11) is 0. The average Bonchev–Trinajstić information content (AvgIpc) is 3.29. The zero-order valence-electron chi connectivity index (χ0n) is 15.6. The summed E-state index contributed by atoms with van der Waals surface area (Å²) in [5.41, 5.74) is 6.07. The first-order valence-corrected chi connectivity index (χ1v) is 9.76. The lowest BCUT2D eigenvalue weighted by molar-refractivity contribution is -0.117. The molecule has 142 valence electrons. The second-order valence-corrected chi connectivity index (χ2v) is 7.28. The van der Waals surface area contributed by atoms with Crippen LogP contribution in [0, 0.1) is 0 Å². The summed E-state index contributed by atoms with van der Waals surface area (Å²) in [6.07, 6.45) is 5.19. The first-order valence-electron chi connectivity index (χ1n) is 9.38. The number of rotatable bonds is 6. The second-order valence-electron chi connectivity index (χ2n) is 6.85. The predicted octanol–water partition coefficient (Wildman–Crippen LogP) is 4.84. The van der Waals surface area contributed by atoms with Crippen LogP contribution >= 0.6 is 11.6 Å². The molecule has 1 amide bonds. The van der Waals surface area contributed by atoms with Gasteiger partial charge >= 0.3 is 0 Å². The molecule has 0 aliphatic carbocycles. The molecule has 1 aliphatic heterocycles. The highest BCUT2D eigenvalue weighted by atomic mass is 35.5. The number of anilines is 1. The highest BCUT2D eigenvalue weighted by Crippen LogP contribution is 2.35. The summed E-state index contributed by atoms with van der Waals surface area (Å²) in [6, 6.07) is 13.8. The van der Waals surface area contributed by atoms with E-state index in [1.807, 2.05) is 36.5 Å². The van der Waals surface area contributed by atoms with Crippen LogP contribution in [0.3, 0.4) is 0 Å². The SMILES string of the molecule is CCc1ccc2c(c1)C(CCN=Cc1cn[nH]c1-c1ccc(Cl)cc1)C(=O)N2. The zero-order valence-corrected chi connectivity index (χ0v) is 16.3. The van der Waals surface area contributed by atoms with Gasteiger partial charge in [-0.05, 0) is 42.2 Å². The molecule has 1 atom stereocenters. The molecule has 0 spiro atoms. The molecule has 28 heavy (non-hydrogen) atoms. The smallest absolute Gasteiger partial charge is 0.232 e. The van der Waals surface area contributed by atoms with E-state index in [0.717, 1.165) is 34.5 Å². The fourth-order valence-electron chi connectivity index (χ4n) is 3.49. The van der Waals surface area contributed by atoms with Crippen molar-refractivity contribution in [2.45, 2.75) is 25.7 Å². The van der Waals surface area contributed by atoms with Crippen molar-refractivity contribution >= 4 is 29.4 Å². The molecule has 1 aromatic heterocycles. The number of nitrogens with one attached hydrogen (secondary N) is 2. The predicted molar refractivity (Wildman–Crippen MR) is 113 cm³/mol. The summed E-state index contributed by atoms with van der Waals surface area (Å²) >= 11 is 5.96. The van der Waals surface area contributed by atoms with Crippen LogP contribution in [0.15, 0.2) is 53.7 Å². The van der Waals surface area contributed by atoms with Crippen LogP contribution in [0.4, 0.5) is 5.69 Å².